The number of aryl methyl sites for hydroxylation is 1. The molecule has 0 bridgehead atoms. The highest BCUT2D eigenvalue weighted by atomic mass is 35.5. The molecule has 0 radical (unpaired) electrons. The Kier molecular flexibility index (Phi) is 3.18. The van der Waals surface area contributed by atoms with E-state index in [1.807, 2.05) is 19.1 Å². The van der Waals surface area contributed by atoms with E-state index in [0.29, 0.717) is 33.1 Å². The molecule has 0 spiro atoms. The van der Waals surface area contributed by atoms with Gasteiger partial charge in [-0.3, -0.25) is 0 Å². The zero-order valence-corrected chi connectivity index (χ0v) is 11.0. The van der Waals surface area contributed by atoms with Gasteiger partial charge in [0.15, 0.2) is 0 Å². The average Bonchev–Trinajstić information content (AvgIpc) is 2.31. The third-order valence-corrected chi connectivity index (χ3v) is 3.35. The lowest BCUT2D eigenvalue weighted by molar-refractivity contribution is 0.632. The van der Waals surface area contributed by atoms with Crippen molar-refractivity contribution in [1.82, 2.24) is 0 Å². The molecule has 0 fully saturated rings. The molecule has 2 aromatic carbocycles. The number of anilines is 2. The number of rotatable bonds is 1. The fraction of sp³-hybridized carbons (Fsp3) is 0.143. The predicted octanol–water partition coefficient (Wildman–Crippen LogP) is 3.93. The van der Waals surface area contributed by atoms with E-state index in [9.17, 15) is 4.39 Å². The molecule has 0 aromatic heterocycles. The van der Waals surface area contributed by atoms with Gasteiger partial charge < -0.3 is 11.5 Å². The van der Waals surface area contributed by atoms with Crippen molar-refractivity contribution < 1.29 is 4.39 Å². The highest BCUT2D eigenvalue weighted by Crippen LogP contribution is 2.38. The summed E-state index contributed by atoms with van der Waals surface area (Å²) in [6, 6.07) is 6.69. The van der Waals surface area contributed by atoms with Crippen molar-refractivity contribution >= 4 is 23.0 Å². The second kappa shape index (κ2) is 4.50. The van der Waals surface area contributed by atoms with Gasteiger partial charge in [0.1, 0.15) is 5.82 Å². The largest absolute Gasteiger partial charge is 0.398 e. The molecule has 0 atom stereocenters. The zero-order valence-electron chi connectivity index (χ0n) is 10.2. The average molecular weight is 265 g/mol. The number of hydrogen-bond donors (Lipinski definition) is 2. The first kappa shape index (κ1) is 12.7. The number of halogens is 2. The molecule has 0 aliphatic heterocycles. The molecule has 0 saturated heterocycles. The number of benzene rings is 2. The lowest BCUT2D eigenvalue weighted by Gasteiger charge is -2.14. The maximum absolute atomic E-state index is 14.1. The minimum Gasteiger partial charge on any atom is -0.398 e. The van der Waals surface area contributed by atoms with Crippen LogP contribution in [0.5, 0.6) is 0 Å². The van der Waals surface area contributed by atoms with Crippen LogP contribution in [-0.2, 0) is 0 Å². The summed E-state index contributed by atoms with van der Waals surface area (Å²) in [5.41, 5.74) is 14.9. The molecular formula is C14H14ClFN2. The first-order chi connectivity index (χ1) is 8.41. The van der Waals surface area contributed by atoms with Gasteiger partial charge in [-0.25, -0.2) is 4.39 Å². The van der Waals surface area contributed by atoms with Gasteiger partial charge in [0, 0.05) is 27.5 Å². The van der Waals surface area contributed by atoms with E-state index in [0.717, 1.165) is 5.56 Å². The van der Waals surface area contributed by atoms with E-state index in [4.69, 9.17) is 23.1 Å². The summed E-state index contributed by atoms with van der Waals surface area (Å²) in [5, 5.41) is 0.468. The summed E-state index contributed by atoms with van der Waals surface area (Å²) in [6.07, 6.45) is 0. The minimum atomic E-state index is -0.455. The highest BCUT2D eigenvalue weighted by Gasteiger charge is 2.16. The molecule has 94 valence electrons. The van der Waals surface area contributed by atoms with E-state index in [2.05, 4.69) is 0 Å². The van der Waals surface area contributed by atoms with E-state index in [1.165, 1.54) is 6.07 Å². The van der Waals surface area contributed by atoms with Gasteiger partial charge in [-0.15, -0.1) is 0 Å². The van der Waals surface area contributed by atoms with Crippen LogP contribution in [0.3, 0.4) is 0 Å². The fourth-order valence-corrected chi connectivity index (χ4v) is 2.11. The third kappa shape index (κ3) is 2.02. The van der Waals surface area contributed by atoms with E-state index in [-0.39, 0.29) is 0 Å². The summed E-state index contributed by atoms with van der Waals surface area (Å²) < 4.78 is 14.1. The Balaban J connectivity index is 2.79. The molecule has 2 rings (SSSR count). The van der Waals surface area contributed by atoms with Gasteiger partial charge in [-0.1, -0.05) is 23.2 Å². The second-order valence-corrected chi connectivity index (χ2v) is 4.75. The Labute approximate surface area is 110 Å². The quantitative estimate of drug-likeness (QED) is 0.767. The van der Waals surface area contributed by atoms with Crippen LogP contribution in [0.4, 0.5) is 15.8 Å². The van der Waals surface area contributed by atoms with Crippen molar-refractivity contribution in [3.63, 3.8) is 0 Å². The predicted molar refractivity (Wildman–Crippen MR) is 75.1 cm³/mol. The molecular weight excluding hydrogens is 251 g/mol. The monoisotopic (exact) mass is 264 g/mol. The molecule has 18 heavy (non-hydrogen) atoms. The molecule has 2 nitrogen and oxygen atoms in total. The van der Waals surface area contributed by atoms with Crippen LogP contribution in [0.2, 0.25) is 5.02 Å². The van der Waals surface area contributed by atoms with Crippen LogP contribution >= 0.6 is 11.6 Å². The van der Waals surface area contributed by atoms with Gasteiger partial charge in [0.05, 0.1) is 0 Å². The Morgan fingerprint density at radius 2 is 1.78 bits per heavy atom. The van der Waals surface area contributed by atoms with Crippen molar-refractivity contribution in [2.75, 3.05) is 11.5 Å². The zero-order chi connectivity index (χ0) is 13.4. The van der Waals surface area contributed by atoms with Crippen molar-refractivity contribution in [2.45, 2.75) is 13.8 Å². The maximum atomic E-state index is 14.1. The van der Waals surface area contributed by atoms with E-state index >= 15 is 0 Å². The van der Waals surface area contributed by atoms with Gasteiger partial charge in [-0.2, -0.15) is 0 Å². The first-order valence-corrected chi connectivity index (χ1v) is 5.90. The van der Waals surface area contributed by atoms with Crippen LogP contribution in [0, 0.1) is 19.7 Å². The van der Waals surface area contributed by atoms with Crippen molar-refractivity contribution in [2.24, 2.45) is 0 Å². The van der Waals surface area contributed by atoms with Crippen molar-refractivity contribution in [3.05, 3.63) is 46.2 Å². The van der Waals surface area contributed by atoms with Crippen LogP contribution in [0.25, 0.3) is 11.1 Å². The molecule has 0 amide bonds. The lowest BCUT2D eigenvalue weighted by atomic mass is 9.97. The van der Waals surface area contributed by atoms with Crippen LogP contribution in [0.1, 0.15) is 11.1 Å². The fourth-order valence-electron chi connectivity index (χ4n) is 1.89. The summed E-state index contributed by atoms with van der Waals surface area (Å²) >= 11 is 6.11. The Hall–Kier alpha value is -1.74. The molecule has 0 heterocycles. The molecule has 4 N–H and O–H groups in total. The summed E-state index contributed by atoms with van der Waals surface area (Å²) in [5.74, 6) is -0.455. The molecule has 2 aromatic rings. The number of nitrogens with two attached hydrogens (primary N) is 2. The first-order valence-electron chi connectivity index (χ1n) is 5.52. The summed E-state index contributed by atoms with van der Waals surface area (Å²) in [4.78, 5) is 0. The van der Waals surface area contributed by atoms with Gasteiger partial charge >= 0.3 is 0 Å². The van der Waals surface area contributed by atoms with Gasteiger partial charge in [-0.05, 0) is 37.6 Å². The Bertz CT molecular complexity index is 624. The van der Waals surface area contributed by atoms with Crippen LogP contribution in [-0.4, -0.2) is 0 Å². The smallest absolute Gasteiger partial charge is 0.135 e. The lowest BCUT2D eigenvalue weighted by Crippen LogP contribution is -2.02. The number of hydrogen-bond acceptors (Lipinski definition) is 2. The Morgan fingerprint density at radius 3 is 2.44 bits per heavy atom. The number of nitrogen functional groups attached to an aromatic ring is 2. The Morgan fingerprint density at radius 1 is 1.11 bits per heavy atom. The van der Waals surface area contributed by atoms with Crippen LogP contribution < -0.4 is 11.5 Å². The maximum Gasteiger partial charge on any atom is 0.135 e. The van der Waals surface area contributed by atoms with Crippen LogP contribution in [0.15, 0.2) is 24.3 Å². The topological polar surface area (TPSA) is 52.0 Å². The molecule has 0 aliphatic carbocycles. The third-order valence-electron chi connectivity index (χ3n) is 3.02. The molecule has 0 aliphatic rings. The molecule has 0 saturated carbocycles. The molecule has 0 unspecified atom stereocenters. The molecule has 4 heteroatoms. The highest BCUT2D eigenvalue weighted by molar-refractivity contribution is 6.33. The van der Waals surface area contributed by atoms with E-state index in [1.54, 1.807) is 13.0 Å². The van der Waals surface area contributed by atoms with Gasteiger partial charge in [0.2, 0.25) is 0 Å². The standard InChI is InChI=1S/C14H14ClFN2/c1-7-3-4-10(15)9(5-7)13-11(16)6-12(17)8(2)14(13)18/h3-6H,17-18H2,1-2H3. The van der Waals surface area contributed by atoms with E-state index < -0.39 is 5.82 Å². The van der Waals surface area contributed by atoms with Crippen molar-refractivity contribution in [3.8, 4) is 11.1 Å². The normalized spacial score (nSPS) is 10.7. The summed E-state index contributed by atoms with van der Waals surface area (Å²) in [6.45, 7) is 3.68. The van der Waals surface area contributed by atoms with Crippen molar-refractivity contribution in [1.29, 1.82) is 0 Å². The minimum absolute atomic E-state index is 0.315. The SMILES string of the molecule is Cc1ccc(Cl)c(-c2c(F)cc(N)c(C)c2N)c1. The second-order valence-electron chi connectivity index (χ2n) is 4.34. The van der Waals surface area contributed by atoms with Gasteiger partial charge in [0.25, 0.3) is 0 Å². The summed E-state index contributed by atoms with van der Waals surface area (Å²) in [7, 11) is 0.